The Kier molecular flexibility index (Phi) is 5.56. The minimum Gasteiger partial charge on any atom is -0.497 e. The molecule has 1 aliphatic rings. The van der Waals surface area contributed by atoms with Gasteiger partial charge in [0.25, 0.3) is 0 Å². The standard InChI is InChI=1S/C20H23N7O/c1-28-17-7-2-6-16(11-17)18-13-24-26-19(25-18)23-12-15-5-3-10-27(14-15)20-21-8-4-9-22-20/h2,4,6-9,11,13,15H,3,5,10,12,14H2,1H3,(H,23,25,26). The molecular weight excluding hydrogens is 354 g/mol. The van der Waals surface area contributed by atoms with Crippen LogP contribution in [0.5, 0.6) is 5.75 Å². The maximum Gasteiger partial charge on any atom is 0.243 e. The predicted octanol–water partition coefficient (Wildman–Crippen LogP) is 2.67. The molecule has 0 bridgehead atoms. The lowest BCUT2D eigenvalue weighted by Crippen LogP contribution is -2.39. The van der Waals surface area contributed by atoms with Crippen LogP contribution in [0.4, 0.5) is 11.9 Å². The first-order valence-corrected chi connectivity index (χ1v) is 9.42. The van der Waals surface area contributed by atoms with Crippen LogP contribution in [0.25, 0.3) is 11.3 Å². The molecule has 28 heavy (non-hydrogen) atoms. The number of nitrogens with zero attached hydrogens (tertiary/aromatic N) is 6. The molecule has 1 fully saturated rings. The van der Waals surface area contributed by atoms with Crippen molar-refractivity contribution >= 4 is 11.9 Å². The average Bonchev–Trinajstić information content (AvgIpc) is 2.79. The van der Waals surface area contributed by atoms with Gasteiger partial charge in [0.15, 0.2) is 0 Å². The molecule has 4 rings (SSSR count). The highest BCUT2D eigenvalue weighted by molar-refractivity contribution is 5.61. The fraction of sp³-hybridized carbons (Fsp3) is 0.350. The summed E-state index contributed by atoms with van der Waals surface area (Å²) in [5, 5.41) is 11.6. The van der Waals surface area contributed by atoms with Gasteiger partial charge in [-0.1, -0.05) is 12.1 Å². The van der Waals surface area contributed by atoms with Gasteiger partial charge < -0.3 is 15.0 Å². The van der Waals surface area contributed by atoms with Crippen LogP contribution in [-0.4, -0.2) is 51.9 Å². The number of piperidine rings is 1. The number of rotatable bonds is 6. The van der Waals surface area contributed by atoms with Gasteiger partial charge in [0.1, 0.15) is 5.75 Å². The molecule has 1 N–H and O–H groups in total. The number of anilines is 2. The first-order valence-electron chi connectivity index (χ1n) is 9.42. The van der Waals surface area contributed by atoms with Crippen LogP contribution < -0.4 is 15.0 Å². The van der Waals surface area contributed by atoms with E-state index in [4.69, 9.17) is 4.74 Å². The molecule has 1 aliphatic heterocycles. The highest BCUT2D eigenvalue weighted by atomic mass is 16.5. The monoisotopic (exact) mass is 377 g/mol. The van der Waals surface area contributed by atoms with Crippen LogP contribution >= 0.6 is 0 Å². The van der Waals surface area contributed by atoms with Crippen molar-refractivity contribution < 1.29 is 4.74 Å². The second kappa shape index (κ2) is 8.60. The second-order valence-corrected chi connectivity index (χ2v) is 6.78. The van der Waals surface area contributed by atoms with E-state index in [9.17, 15) is 0 Å². The largest absolute Gasteiger partial charge is 0.497 e. The lowest BCUT2D eigenvalue weighted by atomic mass is 9.98. The van der Waals surface area contributed by atoms with Crippen molar-refractivity contribution in [3.8, 4) is 17.0 Å². The number of benzene rings is 1. The molecule has 1 aromatic carbocycles. The Bertz CT molecular complexity index is 906. The van der Waals surface area contributed by atoms with Crippen LogP contribution in [0.1, 0.15) is 12.8 Å². The molecule has 3 heterocycles. The average molecular weight is 377 g/mol. The zero-order chi connectivity index (χ0) is 19.2. The van der Waals surface area contributed by atoms with Gasteiger partial charge in [0, 0.05) is 37.6 Å². The third kappa shape index (κ3) is 4.33. The lowest BCUT2D eigenvalue weighted by molar-refractivity contribution is 0.415. The van der Waals surface area contributed by atoms with Crippen LogP contribution in [0.2, 0.25) is 0 Å². The summed E-state index contributed by atoms with van der Waals surface area (Å²) in [5.74, 6) is 2.59. The van der Waals surface area contributed by atoms with Crippen molar-refractivity contribution in [1.29, 1.82) is 0 Å². The summed E-state index contributed by atoms with van der Waals surface area (Å²) >= 11 is 0. The zero-order valence-electron chi connectivity index (χ0n) is 15.8. The topological polar surface area (TPSA) is 89.0 Å². The minimum absolute atomic E-state index is 0.474. The molecule has 1 saturated heterocycles. The smallest absolute Gasteiger partial charge is 0.243 e. The van der Waals surface area contributed by atoms with Crippen molar-refractivity contribution in [3.63, 3.8) is 0 Å². The van der Waals surface area contributed by atoms with E-state index in [1.165, 1.54) is 0 Å². The summed E-state index contributed by atoms with van der Waals surface area (Å²) in [6.07, 6.45) is 7.50. The highest BCUT2D eigenvalue weighted by Crippen LogP contribution is 2.23. The fourth-order valence-electron chi connectivity index (χ4n) is 3.40. The molecule has 144 valence electrons. The molecule has 0 amide bonds. The Balaban J connectivity index is 1.39. The van der Waals surface area contributed by atoms with E-state index in [-0.39, 0.29) is 0 Å². The highest BCUT2D eigenvalue weighted by Gasteiger charge is 2.21. The summed E-state index contributed by atoms with van der Waals surface area (Å²) < 4.78 is 5.29. The molecular formula is C20H23N7O. The van der Waals surface area contributed by atoms with Gasteiger partial charge in [-0.3, -0.25) is 0 Å². The molecule has 0 spiro atoms. The normalized spacial score (nSPS) is 16.6. The maximum absolute atomic E-state index is 5.29. The Morgan fingerprint density at radius 3 is 2.96 bits per heavy atom. The number of aromatic nitrogens is 5. The Morgan fingerprint density at radius 2 is 2.11 bits per heavy atom. The molecule has 0 radical (unpaired) electrons. The van der Waals surface area contributed by atoms with Crippen LogP contribution in [-0.2, 0) is 0 Å². The number of hydrogen-bond donors (Lipinski definition) is 1. The summed E-state index contributed by atoms with van der Waals surface area (Å²) in [7, 11) is 1.65. The van der Waals surface area contributed by atoms with Crippen molar-refractivity contribution in [1.82, 2.24) is 25.1 Å². The molecule has 8 nitrogen and oxygen atoms in total. The van der Waals surface area contributed by atoms with Gasteiger partial charge in [-0.05, 0) is 37.0 Å². The van der Waals surface area contributed by atoms with Crippen molar-refractivity contribution in [2.24, 2.45) is 5.92 Å². The molecule has 8 heteroatoms. The maximum atomic E-state index is 5.29. The molecule has 1 unspecified atom stereocenters. The minimum atomic E-state index is 0.474. The van der Waals surface area contributed by atoms with E-state index in [1.807, 2.05) is 30.3 Å². The van der Waals surface area contributed by atoms with Gasteiger partial charge in [-0.25, -0.2) is 15.0 Å². The first-order chi connectivity index (χ1) is 13.8. The number of hydrogen-bond acceptors (Lipinski definition) is 8. The Labute approximate surface area is 164 Å². The van der Waals surface area contributed by atoms with Crippen LogP contribution in [0.15, 0.2) is 48.9 Å². The van der Waals surface area contributed by atoms with Crippen molar-refractivity contribution in [2.75, 3.05) is 37.0 Å². The van der Waals surface area contributed by atoms with Gasteiger partial charge in [0.05, 0.1) is 19.0 Å². The molecule has 0 saturated carbocycles. The van der Waals surface area contributed by atoms with Gasteiger partial charge in [-0.15, -0.1) is 5.10 Å². The SMILES string of the molecule is COc1cccc(-c2cnnc(NCC3CCCN(c4ncccn4)C3)n2)c1. The van der Waals surface area contributed by atoms with Gasteiger partial charge >= 0.3 is 0 Å². The summed E-state index contributed by atoms with van der Waals surface area (Å²) in [6.45, 7) is 2.69. The third-order valence-electron chi connectivity index (χ3n) is 4.83. The lowest BCUT2D eigenvalue weighted by Gasteiger charge is -2.32. The van der Waals surface area contributed by atoms with Crippen molar-refractivity contribution in [2.45, 2.75) is 12.8 Å². The number of methoxy groups -OCH3 is 1. The van der Waals surface area contributed by atoms with E-state index >= 15 is 0 Å². The number of ether oxygens (including phenoxy) is 1. The summed E-state index contributed by atoms with van der Waals surface area (Å²) in [4.78, 5) is 15.6. The van der Waals surface area contributed by atoms with Crippen LogP contribution in [0.3, 0.4) is 0 Å². The fourth-order valence-corrected chi connectivity index (χ4v) is 3.40. The van der Waals surface area contributed by atoms with E-state index in [1.54, 1.807) is 25.7 Å². The predicted molar refractivity (Wildman–Crippen MR) is 107 cm³/mol. The molecule has 0 aliphatic carbocycles. The van der Waals surface area contributed by atoms with Gasteiger partial charge in [0.2, 0.25) is 11.9 Å². The van der Waals surface area contributed by atoms with Crippen molar-refractivity contribution in [3.05, 3.63) is 48.9 Å². The van der Waals surface area contributed by atoms with Crippen LogP contribution in [0, 0.1) is 5.92 Å². The van der Waals surface area contributed by atoms with E-state index in [2.05, 4.69) is 35.4 Å². The van der Waals surface area contributed by atoms with Gasteiger partial charge in [-0.2, -0.15) is 5.10 Å². The Morgan fingerprint density at radius 1 is 1.21 bits per heavy atom. The van der Waals surface area contributed by atoms with E-state index in [0.717, 1.165) is 55.4 Å². The number of nitrogens with one attached hydrogen (secondary N) is 1. The Hall–Kier alpha value is -3.29. The zero-order valence-corrected chi connectivity index (χ0v) is 15.8. The second-order valence-electron chi connectivity index (χ2n) is 6.78. The molecule has 2 aromatic heterocycles. The third-order valence-corrected chi connectivity index (χ3v) is 4.83. The molecule has 3 aromatic rings. The van der Waals surface area contributed by atoms with E-state index < -0.39 is 0 Å². The first kappa shape index (κ1) is 18.1. The summed E-state index contributed by atoms with van der Waals surface area (Å²) in [6, 6.07) is 9.60. The quantitative estimate of drug-likeness (QED) is 0.701. The summed E-state index contributed by atoms with van der Waals surface area (Å²) in [5.41, 5.74) is 1.71. The van der Waals surface area contributed by atoms with E-state index in [0.29, 0.717) is 11.9 Å². The molecule has 1 atom stereocenters.